The largest absolute Gasteiger partial charge is 0.310 e. The zero-order chi connectivity index (χ0) is 46.4. The summed E-state index contributed by atoms with van der Waals surface area (Å²) in [4.78, 5) is 2.43. The number of aromatic nitrogens is 1. The molecule has 0 bridgehead atoms. The summed E-state index contributed by atoms with van der Waals surface area (Å²) in [7, 11) is 0. The van der Waals surface area contributed by atoms with Crippen molar-refractivity contribution in [2.45, 2.75) is 0 Å². The second kappa shape index (κ2) is 17.4. The van der Waals surface area contributed by atoms with Gasteiger partial charge in [0.2, 0.25) is 0 Å². The Balaban J connectivity index is 0.989. The SMILES string of the molecule is c1ccc(-c2cc(-c3ccccc3)cc(N(c3ccc(-c4ccc(-c5cccc6ccccc56)cc4)cc3)c3cccc(-c4cc5ccccc5c5c4c4ccccc4n5-c4ccccc4)c3)c2)cc1. The van der Waals surface area contributed by atoms with Crippen LogP contribution >= 0.6 is 0 Å². The van der Waals surface area contributed by atoms with Crippen molar-refractivity contribution >= 4 is 60.4 Å². The molecular weight excluding hydrogens is 845 g/mol. The third-order valence-corrected chi connectivity index (χ3v) is 13.9. The molecule has 0 aliphatic rings. The van der Waals surface area contributed by atoms with Crippen LogP contribution in [0.5, 0.6) is 0 Å². The van der Waals surface area contributed by atoms with Crippen molar-refractivity contribution in [1.29, 1.82) is 0 Å². The topological polar surface area (TPSA) is 8.17 Å². The summed E-state index contributed by atoms with van der Waals surface area (Å²) in [6.07, 6.45) is 0. The average Bonchev–Trinajstić information content (AvgIpc) is 3.79. The van der Waals surface area contributed by atoms with E-state index in [-0.39, 0.29) is 0 Å². The fourth-order valence-corrected chi connectivity index (χ4v) is 10.6. The molecular formula is C68H46N2. The van der Waals surface area contributed by atoms with Gasteiger partial charge in [-0.25, -0.2) is 0 Å². The lowest BCUT2D eigenvalue weighted by molar-refractivity contribution is 1.19. The van der Waals surface area contributed by atoms with Crippen LogP contribution in [0.4, 0.5) is 17.1 Å². The minimum atomic E-state index is 1.07. The highest BCUT2D eigenvalue weighted by Gasteiger charge is 2.22. The molecule has 1 aromatic heterocycles. The van der Waals surface area contributed by atoms with E-state index in [9.17, 15) is 0 Å². The molecule has 0 saturated carbocycles. The van der Waals surface area contributed by atoms with Gasteiger partial charge in [0.25, 0.3) is 0 Å². The summed E-state index contributed by atoms with van der Waals surface area (Å²) < 4.78 is 2.45. The number of benzene rings is 12. The van der Waals surface area contributed by atoms with Gasteiger partial charge in [0.15, 0.2) is 0 Å². The third-order valence-electron chi connectivity index (χ3n) is 13.9. The molecule has 2 heteroatoms. The van der Waals surface area contributed by atoms with E-state index in [1.54, 1.807) is 0 Å². The Bertz CT molecular complexity index is 3960. The Labute approximate surface area is 408 Å². The molecule has 0 aliphatic heterocycles. The van der Waals surface area contributed by atoms with Gasteiger partial charge in [0.1, 0.15) is 0 Å². The highest BCUT2D eigenvalue weighted by atomic mass is 15.1. The Morgan fingerprint density at radius 3 is 1.46 bits per heavy atom. The first-order chi connectivity index (χ1) is 34.7. The molecule has 0 atom stereocenters. The molecule has 0 fully saturated rings. The number of para-hydroxylation sites is 2. The summed E-state index contributed by atoms with van der Waals surface area (Å²) in [6.45, 7) is 0. The predicted octanol–water partition coefficient (Wildman–Crippen LogP) is 18.9. The van der Waals surface area contributed by atoms with Gasteiger partial charge < -0.3 is 9.47 Å². The molecule has 2 nitrogen and oxygen atoms in total. The van der Waals surface area contributed by atoms with Gasteiger partial charge in [-0.1, -0.05) is 212 Å². The summed E-state index contributed by atoms with van der Waals surface area (Å²) in [5, 5.41) is 7.43. The van der Waals surface area contributed by atoms with E-state index in [1.165, 1.54) is 82.3 Å². The maximum atomic E-state index is 2.45. The van der Waals surface area contributed by atoms with Crippen LogP contribution in [0.25, 0.3) is 105 Å². The van der Waals surface area contributed by atoms with Crippen molar-refractivity contribution in [3.63, 3.8) is 0 Å². The molecule has 0 spiro atoms. The van der Waals surface area contributed by atoms with Crippen molar-refractivity contribution < 1.29 is 0 Å². The van der Waals surface area contributed by atoms with E-state index >= 15 is 0 Å². The van der Waals surface area contributed by atoms with E-state index in [4.69, 9.17) is 0 Å². The molecule has 0 saturated heterocycles. The highest BCUT2D eigenvalue weighted by molar-refractivity contribution is 6.24. The van der Waals surface area contributed by atoms with E-state index in [2.05, 4.69) is 289 Å². The fourth-order valence-electron chi connectivity index (χ4n) is 10.6. The maximum Gasteiger partial charge on any atom is 0.0625 e. The van der Waals surface area contributed by atoms with Crippen molar-refractivity contribution in [2.24, 2.45) is 0 Å². The van der Waals surface area contributed by atoms with E-state index in [1.807, 2.05) is 0 Å². The Morgan fingerprint density at radius 1 is 0.257 bits per heavy atom. The minimum Gasteiger partial charge on any atom is -0.310 e. The Hall–Kier alpha value is -9.24. The average molecular weight is 891 g/mol. The van der Waals surface area contributed by atoms with Crippen molar-refractivity contribution in [2.75, 3.05) is 4.90 Å². The van der Waals surface area contributed by atoms with Crippen LogP contribution in [0.2, 0.25) is 0 Å². The molecule has 0 unspecified atom stereocenters. The van der Waals surface area contributed by atoms with E-state index < -0.39 is 0 Å². The number of rotatable bonds is 9. The van der Waals surface area contributed by atoms with E-state index in [0.717, 1.165) is 39.4 Å². The van der Waals surface area contributed by atoms with Crippen LogP contribution in [-0.4, -0.2) is 4.57 Å². The lowest BCUT2D eigenvalue weighted by Crippen LogP contribution is -2.10. The summed E-state index contributed by atoms with van der Waals surface area (Å²) in [5.74, 6) is 0. The van der Waals surface area contributed by atoms with Gasteiger partial charge in [-0.05, 0) is 139 Å². The molecule has 0 radical (unpaired) electrons. The fraction of sp³-hybridized carbons (Fsp3) is 0. The second-order valence-corrected chi connectivity index (χ2v) is 18.1. The molecule has 13 rings (SSSR count). The smallest absolute Gasteiger partial charge is 0.0625 e. The van der Waals surface area contributed by atoms with Crippen molar-refractivity contribution in [1.82, 2.24) is 4.57 Å². The highest BCUT2D eigenvalue weighted by Crippen LogP contribution is 2.46. The van der Waals surface area contributed by atoms with Crippen molar-refractivity contribution in [3.8, 4) is 61.3 Å². The standard InChI is InChI=1S/C68H46N2/c1-4-18-47(19-5-1)55-42-56(48-20-6-2-7-21-48)45-60(44-55)69(58-40-38-50(39-41-58)49-34-36-52(37-35-49)62-32-17-24-51-22-10-12-29-61(51)62)59-28-16-25-53(43-59)65-46-54-23-11-13-30-63(54)68-67(65)64-31-14-15-33-66(64)70(68)57-26-8-3-9-27-57/h1-46H. The molecule has 13 aromatic rings. The second-order valence-electron chi connectivity index (χ2n) is 18.1. The van der Waals surface area contributed by atoms with Crippen LogP contribution in [0.1, 0.15) is 0 Å². The molecule has 70 heavy (non-hydrogen) atoms. The molecule has 0 aliphatic carbocycles. The van der Waals surface area contributed by atoms with Crippen LogP contribution in [0.3, 0.4) is 0 Å². The van der Waals surface area contributed by atoms with Gasteiger partial charge in [-0.3, -0.25) is 0 Å². The summed E-state index contributed by atoms with van der Waals surface area (Å²) in [6, 6.07) is 102. The van der Waals surface area contributed by atoms with Crippen molar-refractivity contribution in [3.05, 3.63) is 279 Å². The first kappa shape index (κ1) is 41.0. The van der Waals surface area contributed by atoms with Gasteiger partial charge >= 0.3 is 0 Å². The quantitative estimate of drug-likeness (QED) is 0.140. The zero-order valence-electron chi connectivity index (χ0n) is 38.5. The Morgan fingerprint density at radius 2 is 0.757 bits per heavy atom. The van der Waals surface area contributed by atoms with E-state index in [0.29, 0.717) is 0 Å². The monoisotopic (exact) mass is 890 g/mol. The Kier molecular flexibility index (Phi) is 10.2. The predicted molar refractivity (Wildman–Crippen MR) is 298 cm³/mol. The molecule has 0 N–H and O–H groups in total. The lowest BCUT2D eigenvalue weighted by Gasteiger charge is -2.28. The molecule has 0 amide bonds. The van der Waals surface area contributed by atoms with Gasteiger partial charge in [0, 0.05) is 38.9 Å². The molecule has 12 aromatic carbocycles. The summed E-state index contributed by atoms with van der Waals surface area (Å²) >= 11 is 0. The first-order valence-electron chi connectivity index (χ1n) is 24.1. The lowest BCUT2D eigenvalue weighted by atomic mass is 9.94. The number of hydrogen-bond donors (Lipinski definition) is 0. The first-order valence-corrected chi connectivity index (χ1v) is 24.1. The van der Waals surface area contributed by atoms with Gasteiger partial charge in [-0.2, -0.15) is 0 Å². The number of anilines is 3. The molecule has 328 valence electrons. The maximum absolute atomic E-state index is 2.45. The van der Waals surface area contributed by atoms with Crippen LogP contribution in [-0.2, 0) is 0 Å². The number of hydrogen-bond acceptors (Lipinski definition) is 1. The van der Waals surface area contributed by atoms with Crippen LogP contribution in [0.15, 0.2) is 279 Å². The normalized spacial score (nSPS) is 11.4. The summed E-state index contributed by atoms with van der Waals surface area (Å²) in [5.41, 5.74) is 18.6. The van der Waals surface area contributed by atoms with Gasteiger partial charge in [0.05, 0.1) is 11.0 Å². The van der Waals surface area contributed by atoms with Gasteiger partial charge in [-0.15, -0.1) is 0 Å². The van der Waals surface area contributed by atoms with Crippen LogP contribution < -0.4 is 4.90 Å². The number of nitrogens with zero attached hydrogens (tertiary/aromatic N) is 2. The zero-order valence-corrected chi connectivity index (χ0v) is 38.5. The molecule has 1 heterocycles. The third kappa shape index (κ3) is 7.31. The number of fused-ring (bicyclic) bond motifs is 6. The minimum absolute atomic E-state index is 1.07. The van der Waals surface area contributed by atoms with Crippen LogP contribution in [0, 0.1) is 0 Å².